The first-order chi connectivity index (χ1) is 18.0. The molecule has 0 aliphatic carbocycles. The van der Waals surface area contributed by atoms with E-state index >= 15 is 0 Å². The van der Waals surface area contributed by atoms with Gasteiger partial charge in [-0.15, -0.1) is 0 Å². The molecule has 1 unspecified atom stereocenters. The van der Waals surface area contributed by atoms with E-state index in [0.717, 1.165) is 13.8 Å². The standard InChI is InChI=1S/C17H18F17NO5S2/c1-9(2,7-42(38,39)40)35-8(36)3-5-41(37)6-4-10(18,19)11(20,21)12(22,23)13(24,25)14(26,27)15(28,29)16(30,31)17(32,33)34/h3-7H2,1-2H3,(H,35,36)(H,38,39,40)/p-1. The van der Waals surface area contributed by atoms with E-state index < -0.39 is 110 Å². The number of nitrogens with one attached hydrogen (secondary N) is 1. The molecule has 42 heavy (non-hydrogen) atoms. The molecule has 0 saturated heterocycles. The molecule has 1 atom stereocenters. The minimum Gasteiger partial charge on any atom is -0.748 e. The molecule has 0 fully saturated rings. The van der Waals surface area contributed by atoms with Gasteiger partial charge in [0, 0.05) is 40.7 Å². The molecule has 0 radical (unpaired) electrons. The third-order valence-corrected chi connectivity index (χ3v) is 7.40. The number of rotatable bonds is 15. The van der Waals surface area contributed by atoms with E-state index in [4.69, 9.17) is 0 Å². The fraction of sp³-hybridized carbons (Fsp3) is 0.941. The lowest BCUT2D eigenvalue weighted by Gasteiger charge is -2.42. The van der Waals surface area contributed by atoms with E-state index in [0.29, 0.717) is 0 Å². The molecule has 0 heterocycles. The highest BCUT2D eigenvalue weighted by Gasteiger charge is 2.95. The van der Waals surface area contributed by atoms with Crippen LogP contribution in [0.2, 0.25) is 0 Å². The zero-order valence-electron chi connectivity index (χ0n) is 20.3. The van der Waals surface area contributed by atoms with Gasteiger partial charge in [0.15, 0.2) is 0 Å². The van der Waals surface area contributed by atoms with Crippen molar-refractivity contribution < 1.29 is 96.6 Å². The maximum Gasteiger partial charge on any atom is 0.460 e. The Balaban J connectivity index is 5.88. The Morgan fingerprint density at radius 3 is 1.38 bits per heavy atom. The fourth-order valence-corrected chi connectivity index (χ4v) is 4.88. The Kier molecular flexibility index (Phi) is 11.2. The van der Waals surface area contributed by atoms with Crippen molar-refractivity contribution in [2.24, 2.45) is 0 Å². The van der Waals surface area contributed by atoms with Crippen molar-refractivity contribution in [2.45, 2.75) is 79.9 Å². The van der Waals surface area contributed by atoms with E-state index in [1.165, 1.54) is 0 Å². The molecule has 0 bridgehead atoms. The lowest BCUT2D eigenvalue weighted by Crippen LogP contribution is -2.74. The molecule has 0 aromatic heterocycles. The molecule has 0 rings (SSSR count). The predicted octanol–water partition coefficient (Wildman–Crippen LogP) is 4.96. The van der Waals surface area contributed by atoms with E-state index in [1.807, 2.05) is 5.32 Å². The van der Waals surface area contributed by atoms with Gasteiger partial charge in [0.1, 0.15) is 0 Å². The van der Waals surface area contributed by atoms with Gasteiger partial charge in [-0.05, 0) is 13.8 Å². The van der Waals surface area contributed by atoms with Crippen molar-refractivity contribution in [2.75, 3.05) is 17.3 Å². The Morgan fingerprint density at radius 2 is 1.02 bits per heavy atom. The smallest absolute Gasteiger partial charge is 0.460 e. The van der Waals surface area contributed by atoms with E-state index in [2.05, 4.69) is 0 Å². The SMILES string of the molecule is CC(C)(CS(=O)(=O)[O-])NC(=O)CCS(=O)CCC(F)(F)C(F)(F)C(F)(F)C(F)(F)C(F)(F)C(F)(F)C(F)(F)C(F)(F)F. The minimum atomic E-state index is -8.75. The Morgan fingerprint density at radius 1 is 0.667 bits per heavy atom. The van der Waals surface area contributed by atoms with Crippen LogP contribution in [0, 0.1) is 0 Å². The molecule has 0 aromatic rings. The summed E-state index contributed by atoms with van der Waals surface area (Å²) in [5.41, 5.74) is -1.77. The molecule has 6 nitrogen and oxygen atoms in total. The first-order valence-electron chi connectivity index (χ1n) is 10.3. The summed E-state index contributed by atoms with van der Waals surface area (Å²) in [6, 6.07) is 0. The molecule has 25 heteroatoms. The van der Waals surface area contributed by atoms with Gasteiger partial charge in [-0.25, -0.2) is 8.42 Å². The first kappa shape index (κ1) is 40.3. The minimum absolute atomic E-state index is 0.986. The van der Waals surface area contributed by atoms with E-state index in [9.17, 15) is 96.6 Å². The molecule has 0 spiro atoms. The maximum atomic E-state index is 13.9. The second-order valence-corrected chi connectivity index (χ2v) is 12.2. The van der Waals surface area contributed by atoms with Crippen LogP contribution in [0.4, 0.5) is 74.6 Å². The lowest BCUT2D eigenvalue weighted by atomic mass is 9.88. The summed E-state index contributed by atoms with van der Waals surface area (Å²) >= 11 is 0. The molecular weight excluding hydrogens is 685 g/mol. The van der Waals surface area contributed by atoms with Gasteiger partial charge in [0.05, 0.1) is 15.9 Å². The molecule has 0 aliphatic rings. The van der Waals surface area contributed by atoms with Gasteiger partial charge in [-0.2, -0.15) is 74.6 Å². The topological polar surface area (TPSA) is 103 Å². The van der Waals surface area contributed by atoms with Crippen LogP contribution >= 0.6 is 0 Å². The predicted molar refractivity (Wildman–Crippen MR) is 105 cm³/mol. The zero-order valence-corrected chi connectivity index (χ0v) is 22.0. The number of carbonyl (C=O) groups is 1. The van der Waals surface area contributed by atoms with Crippen LogP contribution < -0.4 is 5.32 Å². The maximum absolute atomic E-state index is 13.9. The normalized spacial score (nSPS) is 16.4. The van der Waals surface area contributed by atoms with Gasteiger partial charge in [-0.1, -0.05) is 0 Å². The molecular formula is C17H17F17NO5S2-. The van der Waals surface area contributed by atoms with Crippen LogP contribution in [0.3, 0.4) is 0 Å². The van der Waals surface area contributed by atoms with Gasteiger partial charge in [0.2, 0.25) is 5.91 Å². The quantitative estimate of drug-likeness (QED) is 0.192. The van der Waals surface area contributed by atoms with Crippen molar-refractivity contribution in [3.05, 3.63) is 0 Å². The fourth-order valence-electron chi connectivity index (χ4n) is 2.82. The molecule has 0 aliphatic heterocycles. The van der Waals surface area contributed by atoms with E-state index in [1.54, 1.807) is 0 Å². The Labute approximate surface area is 226 Å². The highest BCUT2D eigenvalue weighted by atomic mass is 32.2. The van der Waals surface area contributed by atoms with E-state index in [-0.39, 0.29) is 0 Å². The third-order valence-electron chi connectivity index (χ3n) is 5.00. The second kappa shape index (κ2) is 11.7. The summed E-state index contributed by atoms with van der Waals surface area (Å²) in [5, 5.41) is 1.89. The molecule has 0 aromatic carbocycles. The van der Waals surface area contributed by atoms with Gasteiger partial charge >= 0.3 is 47.6 Å². The summed E-state index contributed by atoms with van der Waals surface area (Å²) in [7, 11) is -7.87. The number of carbonyl (C=O) groups excluding carboxylic acids is 1. The molecule has 0 saturated carbocycles. The van der Waals surface area contributed by atoms with Crippen LogP contribution in [-0.2, 0) is 25.7 Å². The van der Waals surface area contributed by atoms with Crippen LogP contribution in [0.5, 0.6) is 0 Å². The monoisotopic (exact) mass is 702 g/mol. The van der Waals surface area contributed by atoms with Crippen LogP contribution in [0.15, 0.2) is 0 Å². The van der Waals surface area contributed by atoms with Gasteiger partial charge in [-0.3, -0.25) is 9.00 Å². The van der Waals surface area contributed by atoms with Gasteiger partial charge in [0.25, 0.3) is 0 Å². The van der Waals surface area contributed by atoms with Crippen molar-refractivity contribution in [1.82, 2.24) is 5.32 Å². The van der Waals surface area contributed by atoms with Crippen LogP contribution in [0.1, 0.15) is 26.7 Å². The zero-order chi connectivity index (χ0) is 34.4. The summed E-state index contributed by atoms with van der Waals surface area (Å²) < 4.78 is 269. The highest BCUT2D eigenvalue weighted by molar-refractivity contribution is 7.85. The average molecular weight is 702 g/mol. The van der Waals surface area contributed by atoms with Crippen molar-refractivity contribution in [1.29, 1.82) is 0 Å². The summed E-state index contributed by atoms with van der Waals surface area (Å²) in [6.45, 7) is 1.97. The van der Waals surface area contributed by atoms with Crippen molar-refractivity contribution >= 4 is 26.8 Å². The third kappa shape index (κ3) is 7.70. The number of alkyl halides is 17. The Bertz CT molecular complexity index is 1120. The number of halogens is 17. The van der Waals surface area contributed by atoms with Gasteiger partial charge < -0.3 is 9.87 Å². The number of amides is 1. The largest absolute Gasteiger partial charge is 0.748 e. The summed E-state index contributed by atoms with van der Waals surface area (Å²) in [5.74, 6) is -62.9. The number of hydrogen-bond donors (Lipinski definition) is 1. The molecule has 1 N–H and O–H groups in total. The molecule has 1 amide bonds. The summed E-state index contributed by atoms with van der Waals surface area (Å²) in [6.07, 6.45) is -11.8. The number of hydrogen-bond acceptors (Lipinski definition) is 5. The van der Waals surface area contributed by atoms with Crippen LogP contribution in [0.25, 0.3) is 0 Å². The average Bonchev–Trinajstić information content (AvgIpc) is 2.72. The summed E-state index contributed by atoms with van der Waals surface area (Å²) in [4.78, 5) is 11.7. The Hall–Kier alpha value is -1.66. The highest BCUT2D eigenvalue weighted by Crippen LogP contribution is 2.64. The first-order valence-corrected chi connectivity index (χ1v) is 13.3. The molecule has 252 valence electrons. The lowest BCUT2D eigenvalue weighted by molar-refractivity contribution is -0.461. The van der Waals surface area contributed by atoms with Crippen molar-refractivity contribution in [3.8, 4) is 0 Å². The van der Waals surface area contributed by atoms with Crippen molar-refractivity contribution in [3.63, 3.8) is 0 Å². The van der Waals surface area contributed by atoms with Crippen LogP contribution in [-0.4, -0.2) is 93.5 Å². The second-order valence-electron chi connectivity index (χ2n) is 9.13.